The number of carbonyl (C=O) groups is 1. The Balaban J connectivity index is 1.68. The number of non-ortho nitro benzene ring substituents is 1. The molecule has 0 N–H and O–H groups in total. The van der Waals surface area contributed by atoms with Crippen molar-refractivity contribution in [3.63, 3.8) is 0 Å². The van der Waals surface area contributed by atoms with Gasteiger partial charge in [0.2, 0.25) is 11.7 Å². The maximum absolute atomic E-state index is 12.6. The number of nitro groups is 1. The summed E-state index contributed by atoms with van der Waals surface area (Å²) in [5.41, 5.74) is 0.450. The van der Waals surface area contributed by atoms with Crippen LogP contribution in [0.5, 0.6) is 0 Å². The smallest absolute Gasteiger partial charge is 0.270 e. The minimum absolute atomic E-state index is 0.0452. The molecule has 0 aliphatic rings. The summed E-state index contributed by atoms with van der Waals surface area (Å²) in [6.07, 6.45) is 0.364. The first-order chi connectivity index (χ1) is 13.6. The van der Waals surface area contributed by atoms with E-state index in [0.29, 0.717) is 42.4 Å². The molecule has 0 unspecified atom stereocenters. The molecule has 0 bridgehead atoms. The third-order valence-electron chi connectivity index (χ3n) is 3.96. The van der Waals surface area contributed by atoms with Crippen molar-refractivity contribution in [2.45, 2.75) is 6.42 Å². The molecule has 9 nitrogen and oxygen atoms in total. The Morgan fingerprint density at radius 3 is 2.89 bits per heavy atom. The fourth-order valence-corrected chi connectivity index (χ4v) is 3.23. The summed E-state index contributed by atoms with van der Waals surface area (Å²) in [5.74, 6) is 0.542. The van der Waals surface area contributed by atoms with Crippen LogP contribution in [0.1, 0.15) is 15.6 Å². The Hall–Kier alpha value is -3.11. The van der Waals surface area contributed by atoms with Crippen LogP contribution < -0.4 is 0 Å². The summed E-state index contributed by atoms with van der Waals surface area (Å²) in [6.45, 7) is 1.25. The maximum Gasteiger partial charge on any atom is 0.270 e. The van der Waals surface area contributed by atoms with E-state index >= 15 is 0 Å². The van der Waals surface area contributed by atoms with Crippen LogP contribution in [0.25, 0.3) is 11.4 Å². The molecule has 0 fully saturated rings. The van der Waals surface area contributed by atoms with E-state index in [1.807, 2.05) is 11.4 Å². The second-order valence-electron chi connectivity index (χ2n) is 5.83. The lowest BCUT2D eigenvalue weighted by atomic mass is 10.2. The van der Waals surface area contributed by atoms with Gasteiger partial charge in [-0.15, -0.1) is 11.3 Å². The molecule has 2 heterocycles. The molecule has 3 rings (SSSR count). The third kappa shape index (κ3) is 4.78. The fraction of sp³-hybridized carbons (Fsp3) is 0.278. The second kappa shape index (κ2) is 9.20. The van der Waals surface area contributed by atoms with Gasteiger partial charge in [-0.1, -0.05) is 23.4 Å². The molecule has 0 saturated carbocycles. The molecule has 0 radical (unpaired) electrons. The van der Waals surface area contributed by atoms with E-state index in [9.17, 15) is 14.9 Å². The largest absolute Gasteiger partial charge is 0.383 e. The lowest BCUT2D eigenvalue weighted by Crippen LogP contribution is -2.35. The van der Waals surface area contributed by atoms with Gasteiger partial charge in [-0.05, 0) is 11.4 Å². The molecule has 0 atom stereocenters. The first kappa shape index (κ1) is 19.6. The van der Waals surface area contributed by atoms with Gasteiger partial charge in [-0.3, -0.25) is 14.9 Å². The van der Waals surface area contributed by atoms with Gasteiger partial charge in [0.1, 0.15) is 0 Å². The van der Waals surface area contributed by atoms with Crippen molar-refractivity contribution in [1.82, 2.24) is 15.0 Å². The van der Waals surface area contributed by atoms with E-state index < -0.39 is 4.92 Å². The molecular formula is C18H18N4O5S. The Kier molecular flexibility index (Phi) is 6.45. The highest BCUT2D eigenvalue weighted by Gasteiger charge is 2.18. The van der Waals surface area contributed by atoms with Crippen LogP contribution in [0.15, 0.2) is 46.3 Å². The van der Waals surface area contributed by atoms with Crippen LogP contribution >= 0.6 is 11.3 Å². The molecule has 2 aromatic heterocycles. The average Bonchev–Trinajstić information content (AvgIpc) is 3.40. The summed E-state index contributed by atoms with van der Waals surface area (Å²) < 4.78 is 10.3. The quantitative estimate of drug-likeness (QED) is 0.399. The van der Waals surface area contributed by atoms with E-state index in [2.05, 4.69) is 10.1 Å². The first-order valence-electron chi connectivity index (χ1n) is 8.47. The number of nitro benzene ring substituents is 1. The van der Waals surface area contributed by atoms with E-state index in [4.69, 9.17) is 9.26 Å². The van der Waals surface area contributed by atoms with Crippen molar-refractivity contribution < 1.29 is 19.0 Å². The van der Waals surface area contributed by atoms with Gasteiger partial charge in [0.05, 0.1) is 16.4 Å². The highest BCUT2D eigenvalue weighted by atomic mass is 32.1. The summed E-state index contributed by atoms with van der Waals surface area (Å²) >= 11 is 1.38. The Morgan fingerprint density at radius 2 is 2.18 bits per heavy atom. The van der Waals surface area contributed by atoms with Gasteiger partial charge < -0.3 is 14.2 Å². The van der Waals surface area contributed by atoms with E-state index in [1.54, 1.807) is 30.2 Å². The van der Waals surface area contributed by atoms with Crippen molar-refractivity contribution in [3.8, 4) is 11.4 Å². The minimum Gasteiger partial charge on any atom is -0.383 e. The zero-order chi connectivity index (χ0) is 19.9. The highest BCUT2D eigenvalue weighted by Crippen LogP contribution is 2.21. The van der Waals surface area contributed by atoms with Crippen LogP contribution in [-0.4, -0.2) is 52.7 Å². The van der Waals surface area contributed by atoms with Gasteiger partial charge >= 0.3 is 0 Å². The van der Waals surface area contributed by atoms with Gasteiger partial charge in [-0.25, -0.2) is 0 Å². The maximum atomic E-state index is 12.6. The minimum atomic E-state index is -0.478. The molecule has 28 heavy (non-hydrogen) atoms. The van der Waals surface area contributed by atoms with Crippen LogP contribution in [0.4, 0.5) is 5.69 Å². The Bertz CT molecular complexity index is 941. The van der Waals surface area contributed by atoms with Crippen molar-refractivity contribution in [3.05, 3.63) is 62.7 Å². The molecule has 0 aliphatic heterocycles. The van der Waals surface area contributed by atoms with E-state index in [-0.39, 0.29) is 17.4 Å². The lowest BCUT2D eigenvalue weighted by molar-refractivity contribution is -0.384. The number of benzene rings is 1. The Morgan fingerprint density at radius 1 is 1.32 bits per heavy atom. The van der Waals surface area contributed by atoms with Crippen LogP contribution in [-0.2, 0) is 11.2 Å². The van der Waals surface area contributed by atoms with Crippen LogP contribution in [0.2, 0.25) is 0 Å². The van der Waals surface area contributed by atoms with E-state index in [1.165, 1.54) is 23.5 Å². The standard InChI is InChI=1S/C18H18N4O5S/c1-26-10-9-21(18(23)15-6-3-11-28-15)8-7-16-19-17(20-27-16)13-4-2-5-14(12-13)22(24)25/h2-6,11-12H,7-10H2,1H3. The number of amides is 1. The average molecular weight is 402 g/mol. The molecular weight excluding hydrogens is 384 g/mol. The number of carbonyl (C=O) groups excluding carboxylic acids is 1. The summed E-state index contributed by atoms with van der Waals surface area (Å²) in [5, 5.41) is 16.6. The monoisotopic (exact) mass is 402 g/mol. The molecule has 0 spiro atoms. The summed E-state index contributed by atoms with van der Waals surface area (Å²) in [6, 6.07) is 9.63. The van der Waals surface area contributed by atoms with Gasteiger partial charge in [0, 0.05) is 44.3 Å². The Labute approximate surface area is 164 Å². The molecule has 3 aromatic rings. The molecule has 0 aliphatic carbocycles. The van der Waals surface area contributed by atoms with Crippen LogP contribution in [0, 0.1) is 10.1 Å². The lowest BCUT2D eigenvalue weighted by Gasteiger charge is -2.20. The number of aromatic nitrogens is 2. The summed E-state index contributed by atoms with van der Waals surface area (Å²) in [7, 11) is 1.58. The summed E-state index contributed by atoms with van der Waals surface area (Å²) in [4.78, 5) is 29.7. The predicted molar refractivity (Wildman–Crippen MR) is 102 cm³/mol. The highest BCUT2D eigenvalue weighted by molar-refractivity contribution is 7.12. The predicted octanol–water partition coefficient (Wildman–Crippen LogP) is 3.04. The van der Waals surface area contributed by atoms with E-state index in [0.717, 1.165) is 0 Å². The van der Waals surface area contributed by atoms with Crippen molar-refractivity contribution in [2.75, 3.05) is 26.8 Å². The first-order valence-corrected chi connectivity index (χ1v) is 9.35. The SMILES string of the molecule is COCCN(CCc1nc(-c2cccc([N+](=O)[O-])c2)no1)C(=O)c1cccs1. The number of thiophene rings is 1. The van der Waals surface area contributed by atoms with Gasteiger partial charge in [0.25, 0.3) is 11.6 Å². The molecule has 0 saturated heterocycles. The zero-order valence-electron chi connectivity index (χ0n) is 15.1. The van der Waals surface area contributed by atoms with Crippen molar-refractivity contribution >= 4 is 22.9 Å². The topological polar surface area (TPSA) is 112 Å². The van der Waals surface area contributed by atoms with Gasteiger partial charge in [0.15, 0.2) is 0 Å². The van der Waals surface area contributed by atoms with Crippen molar-refractivity contribution in [2.24, 2.45) is 0 Å². The number of nitrogens with zero attached hydrogens (tertiary/aromatic N) is 4. The molecule has 10 heteroatoms. The molecule has 1 amide bonds. The fourth-order valence-electron chi connectivity index (χ4n) is 2.54. The van der Waals surface area contributed by atoms with Crippen LogP contribution in [0.3, 0.4) is 0 Å². The van der Waals surface area contributed by atoms with Crippen molar-refractivity contribution in [1.29, 1.82) is 0 Å². The van der Waals surface area contributed by atoms with Gasteiger partial charge in [-0.2, -0.15) is 4.98 Å². The number of hydrogen-bond acceptors (Lipinski definition) is 8. The second-order valence-corrected chi connectivity index (χ2v) is 6.78. The number of rotatable bonds is 9. The number of hydrogen-bond donors (Lipinski definition) is 0. The molecule has 146 valence electrons. The zero-order valence-corrected chi connectivity index (χ0v) is 15.9. The normalized spacial score (nSPS) is 10.8. The number of ether oxygens (including phenoxy) is 1. The molecule has 1 aromatic carbocycles. The third-order valence-corrected chi connectivity index (χ3v) is 4.82. The number of methoxy groups -OCH3 is 1.